The van der Waals surface area contributed by atoms with Crippen molar-refractivity contribution in [1.82, 2.24) is 10.0 Å². The fraction of sp³-hybridized carbons (Fsp3) is 0.667. The van der Waals surface area contributed by atoms with Crippen molar-refractivity contribution in [1.29, 1.82) is 0 Å². The molecule has 0 fully saturated rings. The Balaban J connectivity index is 2.30. The number of hydrogen-bond donors (Lipinski definition) is 2. The molecule has 0 saturated carbocycles. The zero-order valence-electron chi connectivity index (χ0n) is 11.8. The fourth-order valence-electron chi connectivity index (χ4n) is 1.47. The van der Waals surface area contributed by atoms with Crippen molar-refractivity contribution < 1.29 is 22.3 Å². The second-order valence-electron chi connectivity index (χ2n) is 4.11. The minimum Gasteiger partial charge on any atom is -0.447 e. The maximum Gasteiger partial charge on any atom is 0.273 e. The summed E-state index contributed by atoms with van der Waals surface area (Å²) in [7, 11) is -0.217. The number of hydrogen-bond acceptors (Lipinski definition) is 6. The number of furan rings is 1. The van der Waals surface area contributed by atoms with Crippen molar-refractivity contribution in [2.45, 2.75) is 18.1 Å². The largest absolute Gasteiger partial charge is 0.447 e. The molecular weight excluding hydrogens is 284 g/mol. The first-order valence-electron chi connectivity index (χ1n) is 6.40. The molecule has 1 heterocycles. The number of ether oxygens (including phenoxy) is 2. The summed E-state index contributed by atoms with van der Waals surface area (Å²) in [6.45, 7) is 2.32. The Labute approximate surface area is 119 Å². The van der Waals surface area contributed by atoms with Gasteiger partial charge in [-0.1, -0.05) is 0 Å². The highest BCUT2D eigenvalue weighted by atomic mass is 32.2. The van der Waals surface area contributed by atoms with Gasteiger partial charge < -0.3 is 19.2 Å². The summed E-state index contributed by atoms with van der Waals surface area (Å²) in [6.07, 6.45) is 0.590. The summed E-state index contributed by atoms with van der Waals surface area (Å²) in [4.78, 5) is 0. The number of methoxy groups -OCH3 is 1. The van der Waals surface area contributed by atoms with Crippen LogP contribution in [0.5, 0.6) is 0 Å². The molecule has 0 saturated heterocycles. The van der Waals surface area contributed by atoms with E-state index in [0.29, 0.717) is 45.1 Å². The molecule has 0 aliphatic rings. The molecule has 1 aromatic rings. The Hall–Kier alpha value is -0.930. The minimum atomic E-state index is -3.58. The van der Waals surface area contributed by atoms with E-state index in [4.69, 9.17) is 13.9 Å². The van der Waals surface area contributed by atoms with Crippen LogP contribution in [0.25, 0.3) is 0 Å². The molecule has 116 valence electrons. The van der Waals surface area contributed by atoms with Gasteiger partial charge in [0.15, 0.2) is 0 Å². The Bertz CT molecular complexity index is 472. The quantitative estimate of drug-likeness (QED) is 0.573. The van der Waals surface area contributed by atoms with Crippen LogP contribution in [0.1, 0.15) is 12.2 Å². The maximum atomic E-state index is 11.9. The topological polar surface area (TPSA) is 89.8 Å². The third-order valence-electron chi connectivity index (χ3n) is 2.44. The summed E-state index contributed by atoms with van der Waals surface area (Å²) < 4.78 is 41.6. The van der Waals surface area contributed by atoms with Crippen LogP contribution in [0.15, 0.2) is 21.6 Å². The van der Waals surface area contributed by atoms with Crippen molar-refractivity contribution in [2.75, 3.05) is 40.5 Å². The summed E-state index contributed by atoms with van der Waals surface area (Å²) >= 11 is 0. The smallest absolute Gasteiger partial charge is 0.273 e. The van der Waals surface area contributed by atoms with E-state index in [1.807, 2.05) is 0 Å². The highest BCUT2D eigenvalue weighted by molar-refractivity contribution is 7.89. The second-order valence-corrected chi connectivity index (χ2v) is 5.81. The Morgan fingerprint density at radius 3 is 2.75 bits per heavy atom. The molecular formula is C12H22N2O5S. The average molecular weight is 306 g/mol. The lowest BCUT2D eigenvalue weighted by molar-refractivity contribution is 0.0699. The molecule has 0 aliphatic carbocycles. The lowest BCUT2D eigenvalue weighted by Gasteiger charge is -2.05. The van der Waals surface area contributed by atoms with Crippen LogP contribution < -0.4 is 10.0 Å². The summed E-state index contributed by atoms with van der Waals surface area (Å²) in [5.41, 5.74) is 0. The average Bonchev–Trinajstić information content (AvgIpc) is 2.88. The van der Waals surface area contributed by atoms with E-state index in [-0.39, 0.29) is 5.09 Å². The van der Waals surface area contributed by atoms with Crippen LogP contribution in [0.2, 0.25) is 0 Å². The minimum absolute atomic E-state index is 0.0666. The number of nitrogens with one attached hydrogen (secondary N) is 2. The zero-order chi connectivity index (χ0) is 14.8. The van der Waals surface area contributed by atoms with E-state index in [9.17, 15) is 8.42 Å². The first-order chi connectivity index (χ1) is 9.60. The molecule has 8 heteroatoms. The lowest BCUT2D eigenvalue weighted by atomic mass is 10.4. The van der Waals surface area contributed by atoms with E-state index < -0.39 is 10.0 Å². The van der Waals surface area contributed by atoms with Gasteiger partial charge in [-0.15, -0.1) is 0 Å². The standard InChI is InChI=1S/C12H22N2O5S/c1-13-10-11-4-5-12(19-11)20(15,16)14-6-3-7-18-9-8-17-2/h4-5,13-14H,3,6-10H2,1-2H3. The van der Waals surface area contributed by atoms with Gasteiger partial charge in [-0.2, -0.15) is 0 Å². The van der Waals surface area contributed by atoms with Gasteiger partial charge in [-0.25, -0.2) is 13.1 Å². The predicted molar refractivity (Wildman–Crippen MR) is 74.0 cm³/mol. The zero-order valence-corrected chi connectivity index (χ0v) is 12.7. The molecule has 0 aliphatic heterocycles. The number of rotatable bonds is 11. The molecule has 0 atom stereocenters. The molecule has 0 unspecified atom stereocenters. The van der Waals surface area contributed by atoms with Gasteiger partial charge in [0.2, 0.25) is 5.09 Å². The lowest BCUT2D eigenvalue weighted by Crippen LogP contribution is -2.25. The van der Waals surface area contributed by atoms with Gasteiger partial charge in [-0.3, -0.25) is 0 Å². The summed E-state index contributed by atoms with van der Waals surface area (Å²) in [5.74, 6) is 0.579. The second kappa shape index (κ2) is 9.09. The van der Waals surface area contributed by atoms with E-state index in [0.717, 1.165) is 0 Å². The van der Waals surface area contributed by atoms with Crippen molar-refractivity contribution in [3.63, 3.8) is 0 Å². The molecule has 0 radical (unpaired) electrons. The molecule has 2 N–H and O–H groups in total. The summed E-state index contributed by atoms with van der Waals surface area (Å²) in [5, 5.41) is 2.82. The van der Waals surface area contributed by atoms with E-state index in [1.54, 1.807) is 20.2 Å². The first-order valence-corrected chi connectivity index (χ1v) is 7.88. The Morgan fingerprint density at radius 1 is 1.25 bits per heavy atom. The highest BCUT2D eigenvalue weighted by Crippen LogP contribution is 2.13. The molecule has 1 aromatic heterocycles. The number of sulfonamides is 1. The van der Waals surface area contributed by atoms with Gasteiger partial charge in [0.05, 0.1) is 19.8 Å². The third kappa shape index (κ3) is 6.02. The van der Waals surface area contributed by atoms with Gasteiger partial charge in [0.25, 0.3) is 10.0 Å². The van der Waals surface area contributed by atoms with Gasteiger partial charge in [-0.05, 0) is 25.6 Å². The van der Waals surface area contributed by atoms with Crippen molar-refractivity contribution in [3.05, 3.63) is 17.9 Å². The predicted octanol–water partition coefficient (Wildman–Crippen LogP) is 0.330. The van der Waals surface area contributed by atoms with E-state index in [2.05, 4.69) is 10.0 Å². The highest BCUT2D eigenvalue weighted by Gasteiger charge is 2.17. The van der Waals surface area contributed by atoms with Crippen molar-refractivity contribution in [3.8, 4) is 0 Å². The molecule has 0 amide bonds. The molecule has 7 nitrogen and oxygen atoms in total. The van der Waals surface area contributed by atoms with Crippen LogP contribution in [0.4, 0.5) is 0 Å². The van der Waals surface area contributed by atoms with Gasteiger partial charge in [0, 0.05) is 20.3 Å². The molecule has 0 aromatic carbocycles. The third-order valence-corrected chi connectivity index (χ3v) is 3.78. The molecule has 1 rings (SSSR count). The van der Waals surface area contributed by atoms with Crippen molar-refractivity contribution >= 4 is 10.0 Å². The maximum absolute atomic E-state index is 11.9. The van der Waals surface area contributed by atoms with Crippen LogP contribution in [0, 0.1) is 0 Å². The van der Waals surface area contributed by atoms with Crippen LogP contribution in [-0.2, 0) is 26.0 Å². The van der Waals surface area contributed by atoms with Crippen LogP contribution in [0.3, 0.4) is 0 Å². The summed E-state index contributed by atoms with van der Waals surface area (Å²) in [6, 6.07) is 3.09. The Kier molecular flexibility index (Phi) is 7.78. The van der Waals surface area contributed by atoms with Crippen molar-refractivity contribution in [2.24, 2.45) is 0 Å². The fourth-order valence-corrected chi connectivity index (χ4v) is 2.49. The molecule has 20 heavy (non-hydrogen) atoms. The first kappa shape index (κ1) is 17.1. The van der Waals surface area contributed by atoms with E-state index >= 15 is 0 Å². The van der Waals surface area contributed by atoms with E-state index in [1.165, 1.54) is 6.07 Å². The molecule has 0 bridgehead atoms. The van der Waals surface area contributed by atoms with Gasteiger partial charge >= 0.3 is 0 Å². The SMILES string of the molecule is CNCc1ccc(S(=O)(=O)NCCCOCCOC)o1. The normalized spacial score (nSPS) is 11.9. The van der Waals surface area contributed by atoms with Crippen LogP contribution >= 0.6 is 0 Å². The van der Waals surface area contributed by atoms with Gasteiger partial charge in [0.1, 0.15) is 5.76 Å². The molecule has 0 spiro atoms. The van der Waals surface area contributed by atoms with Crippen LogP contribution in [-0.4, -0.2) is 48.9 Å². The Morgan fingerprint density at radius 2 is 2.05 bits per heavy atom. The monoisotopic (exact) mass is 306 g/mol.